The molecular weight excluding hydrogens is 574 g/mol. The van der Waals surface area contributed by atoms with Crippen molar-refractivity contribution in [1.82, 2.24) is 4.90 Å². The van der Waals surface area contributed by atoms with Crippen LogP contribution >= 0.6 is 23.2 Å². The second kappa shape index (κ2) is 9.56. The van der Waals surface area contributed by atoms with Crippen molar-refractivity contribution < 1.29 is 33.4 Å². The Labute approximate surface area is 245 Å². The van der Waals surface area contributed by atoms with Crippen LogP contribution in [0.25, 0.3) is 0 Å². The van der Waals surface area contributed by atoms with Gasteiger partial charge in [0.05, 0.1) is 24.6 Å². The average molecular weight is 601 g/mol. The number of hydrogen-bond acceptors (Lipinski definition) is 6. The van der Waals surface area contributed by atoms with Gasteiger partial charge in [0.25, 0.3) is 11.8 Å². The maximum Gasteiger partial charge on any atom is 0.258 e. The zero-order chi connectivity index (χ0) is 29.4. The number of amides is 4. The molecule has 3 fully saturated rings. The molecule has 11 heteroatoms. The normalized spacial score (nSPS) is 32.6. The van der Waals surface area contributed by atoms with Crippen LogP contribution in [0.4, 0.5) is 10.1 Å². The van der Waals surface area contributed by atoms with Crippen LogP contribution in [0, 0.1) is 23.6 Å². The van der Waals surface area contributed by atoms with Crippen molar-refractivity contribution in [2.75, 3.05) is 18.6 Å². The first-order chi connectivity index (χ1) is 19.5. The smallest absolute Gasteiger partial charge is 0.258 e. The van der Waals surface area contributed by atoms with Crippen molar-refractivity contribution in [3.05, 3.63) is 65.5 Å². The second-order valence-corrected chi connectivity index (χ2v) is 12.2. The molecule has 0 bridgehead atoms. The highest BCUT2D eigenvalue weighted by molar-refractivity contribution is 6.58. The summed E-state index contributed by atoms with van der Waals surface area (Å²) >= 11 is 14.6. The Hall–Kier alpha value is -3.43. The minimum absolute atomic E-state index is 0.0926. The third-order valence-corrected chi connectivity index (χ3v) is 10.4. The Balaban J connectivity index is 1.57. The minimum atomic E-state index is -2.08. The molecule has 41 heavy (non-hydrogen) atoms. The minimum Gasteiger partial charge on any atom is -0.508 e. The number of anilines is 1. The summed E-state index contributed by atoms with van der Waals surface area (Å²) in [6.07, 6.45) is 2.52. The maximum absolute atomic E-state index is 14.3. The fourth-order valence-electron chi connectivity index (χ4n) is 7.19. The molecule has 6 atom stereocenters. The van der Waals surface area contributed by atoms with Crippen LogP contribution in [0.5, 0.6) is 11.5 Å². The van der Waals surface area contributed by atoms with Crippen LogP contribution in [0.1, 0.15) is 37.7 Å². The topological polar surface area (TPSA) is 104 Å². The summed E-state index contributed by atoms with van der Waals surface area (Å²) in [5.41, 5.74) is 1.11. The third-order valence-electron chi connectivity index (χ3n) is 8.96. The van der Waals surface area contributed by atoms with Gasteiger partial charge in [-0.05, 0) is 55.5 Å². The Bertz CT molecular complexity index is 1530. The highest BCUT2D eigenvalue weighted by atomic mass is 35.5. The van der Waals surface area contributed by atoms with Crippen LogP contribution in [-0.2, 0) is 19.2 Å². The van der Waals surface area contributed by atoms with Gasteiger partial charge in [-0.1, -0.05) is 24.6 Å². The zero-order valence-electron chi connectivity index (χ0n) is 22.3. The number of aromatic hydroxyl groups is 1. The quantitative estimate of drug-likeness (QED) is 0.307. The highest BCUT2D eigenvalue weighted by Crippen LogP contribution is 2.66. The lowest BCUT2D eigenvalue weighted by Gasteiger charge is -2.50. The molecule has 6 rings (SSSR count). The molecule has 0 spiro atoms. The molecule has 0 radical (unpaired) electrons. The van der Waals surface area contributed by atoms with Crippen molar-refractivity contribution in [1.29, 1.82) is 0 Å². The number of likely N-dealkylation sites (tertiary alicyclic amines) is 1. The number of fused-ring (bicyclic) bond motifs is 4. The Morgan fingerprint density at radius 3 is 2.39 bits per heavy atom. The number of methoxy groups -OCH3 is 1. The fraction of sp³-hybridized carbons (Fsp3) is 0.400. The third kappa shape index (κ3) is 3.64. The number of alkyl halides is 2. The van der Waals surface area contributed by atoms with Gasteiger partial charge in [-0.25, -0.2) is 9.29 Å². The van der Waals surface area contributed by atoms with Gasteiger partial charge in [-0.3, -0.25) is 24.1 Å². The van der Waals surface area contributed by atoms with Gasteiger partial charge in [0.2, 0.25) is 11.8 Å². The van der Waals surface area contributed by atoms with Crippen molar-refractivity contribution in [2.24, 2.45) is 17.8 Å². The summed E-state index contributed by atoms with van der Waals surface area (Å²) in [5, 5.41) is 10.2. The van der Waals surface area contributed by atoms with E-state index in [4.69, 9.17) is 27.9 Å². The summed E-state index contributed by atoms with van der Waals surface area (Å²) < 4.78 is 19.3. The Morgan fingerprint density at radius 2 is 1.73 bits per heavy atom. The number of allylic oxidation sites excluding steroid dienone is 2. The average Bonchev–Trinajstić information content (AvgIpc) is 3.28. The Morgan fingerprint density at radius 1 is 1.02 bits per heavy atom. The predicted octanol–water partition coefficient (Wildman–Crippen LogP) is 4.51. The number of carbonyl (C=O) groups excluding carboxylic acids is 4. The predicted molar refractivity (Wildman–Crippen MR) is 148 cm³/mol. The number of halogens is 3. The number of phenols is 1. The van der Waals surface area contributed by atoms with Crippen molar-refractivity contribution in [3.63, 3.8) is 0 Å². The molecule has 8 nitrogen and oxygen atoms in total. The van der Waals surface area contributed by atoms with Crippen LogP contribution in [0.2, 0.25) is 0 Å². The molecule has 4 aliphatic rings. The number of hydrogen-bond donors (Lipinski definition) is 1. The number of rotatable bonds is 5. The number of benzene rings is 2. The fourth-order valence-corrected chi connectivity index (χ4v) is 8.12. The molecule has 2 aromatic carbocycles. The standard InChI is InChI=1S/C30H27Cl2FN2O6/c1-3-12-34-25(37)20-11-10-18-21(23(20)26(34)38)14-29(31)27(39)35(16-6-4-15(33)5-7-16)28(40)30(29,32)24(18)19-9-8-17(36)13-22(19)41-2/h4-10,13,20-21,23-24,36H,3,11-12,14H2,1-2H3/t20-,21+,23-,24+,29+,30-/m0/s1. The summed E-state index contributed by atoms with van der Waals surface area (Å²) in [7, 11) is 1.40. The van der Waals surface area contributed by atoms with E-state index in [1.54, 1.807) is 6.07 Å². The first-order valence-corrected chi connectivity index (χ1v) is 14.2. The maximum atomic E-state index is 14.3. The highest BCUT2D eigenvalue weighted by Gasteiger charge is 2.76. The molecular formula is C30H27Cl2FN2O6. The molecule has 2 aliphatic carbocycles. The lowest BCUT2D eigenvalue weighted by Crippen LogP contribution is -2.60. The molecule has 2 aliphatic heterocycles. The summed E-state index contributed by atoms with van der Waals surface area (Å²) in [6, 6.07) is 9.17. The molecule has 1 N–H and O–H groups in total. The lowest BCUT2D eigenvalue weighted by molar-refractivity contribution is -0.140. The molecule has 2 saturated heterocycles. The molecule has 0 unspecified atom stereocenters. The SMILES string of the molecule is CCCN1C(=O)[C@H]2[C@H](CC=C3[C@H]2C[C@@]2(Cl)C(=O)N(c4ccc(F)cc4)C(=O)[C@@]2(Cl)[C@H]3c2ccc(O)cc2OC)C1=O. The van der Waals surface area contributed by atoms with Gasteiger partial charge >= 0.3 is 0 Å². The van der Waals surface area contributed by atoms with E-state index in [-0.39, 0.29) is 48.4 Å². The molecule has 2 heterocycles. The lowest BCUT2D eigenvalue weighted by atomic mass is 9.56. The first kappa shape index (κ1) is 27.7. The van der Waals surface area contributed by atoms with Gasteiger partial charge in [-0.2, -0.15) is 0 Å². The van der Waals surface area contributed by atoms with Crippen molar-refractivity contribution in [2.45, 2.75) is 41.9 Å². The summed E-state index contributed by atoms with van der Waals surface area (Å²) in [6.45, 7) is 2.16. The first-order valence-electron chi connectivity index (χ1n) is 13.4. The molecule has 4 amide bonds. The molecule has 2 aromatic rings. The number of phenolic OH excluding ortho intramolecular Hbond substituents is 1. The van der Waals surface area contributed by atoms with E-state index >= 15 is 0 Å². The van der Waals surface area contributed by atoms with E-state index < -0.39 is 51.1 Å². The van der Waals surface area contributed by atoms with Gasteiger partial charge in [0, 0.05) is 24.1 Å². The Kier molecular flexibility index (Phi) is 6.46. The van der Waals surface area contributed by atoms with E-state index in [1.165, 1.54) is 36.3 Å². The second-order valence-electron chi connectivity index (χ2n) is 11.0. The van der Waals surface area contributed by atoms with Crippen molar-refractivity contribution in [3.8, 4) is 11.5 Å². The summed E-state index contributed by atoms with van der Waals surface area (Å²) in [4.78, 5) is 53.5. The van der Waals surface area contributed by atoms with Gasteiger partial charge in [0.1, 0.15) is 17.3 Å². The van der Waals surface area contributed by atoms with Crippen LogP contribution in [0.3, 0.4) is 0 Å². The van der Waals surface area contributed by atoms with E-state index in [0.717, 1.165) is 17.0 Å². The van der Waals surface area contributed by atoms with Crippen LogP contribution < -0.4 is 9.64 Å². The number of imide groups is 2. The van der Waals surface area contributed by atoms with E-state index in [9.17, 15) is 28.7 Å². The van der Waals surface area contributed by atoms with Gasteiger partial charge in [-0.15, -0.1) is 23.2 Å². The van der Waals surface area contributed by atoms with E-state index in [0.29, 0.717) is 17.6 Å². The molecule has 1 saturated carbocycles. The number of ether oxygens (including phenoxy) is 1. The van der Waals surface area contributed by atoms with E-state index in [2.05, 4.69) is 0 Å². The zero-order valence-corrected chi connectivity index (χ0v) is 23.8. The molecule has 214 valence electrons. The summed E-state index contributed by atoms with van der Waals surface area (Å²) in [5.74, 6) is -5.75. The van der Waals surface area contributed by atoms with E-state index in [1.807, 2.05) is 13.0 Å². The van der Waals surface area contributed by atoms with Gasteiger partial charge < -0.3 is 9.84 Å². The largest absolute Gasteiger partial charge is 0.508 e. The van der Waals surface area contributed by atoms with Crippen molar-refractivity contribution >= 4 is 52.5 Å². The monoisotopic (exact) mass is 600 g/mol. The number of carbonyl (C=O) groups is 4. The number of nitrogens with zero attached hydrogens (tertiary/aromatic N) is 2. The van der Waals surface area contributed by atoms with Crippen LogP contribution in [-0.4, -0.2) is 57.0 Å². The van der Waals surface area contributed by atoms with Gasteiger partial charge in [0.15, 0.2) is 9.75 Å². The van der Waals surface area contributed by atoms with Crippen LogP contribution in [0.15, 0.2) is 54.1 Å². The molecule has 0 aromatic heterocycles.